The van der Waals surface area contributed by atoms with Crippen molar-refractivity contribution in [2.75, 3.05) is 45.6 Å². The number of morpholine rings is 1. The fourth-order valence-electron chi connectivity index (χ4n) is 4.95. The number of rotatable bonds is 7. The van der Waals surface area contributed by atoms with Gasteiger partial charge in [0.2, 0.25) is 10.0 Å². The molecule has 9 heteroatoms. The molecule has 0 atom stereocenters. The van der Waals surface area contributed by atoms with Crippen LogP contribution < -0.4 is 0 Å². The SMILES string of the molecule is CS(=O)(=O)N1CCc2c(c(-c3ccc(Cl)c(-c4ccccc4)c3)nn2CCCN2CCOCC2)C1. The summed E-state index contributed by atoms with van der Waals surface area (Å²) in [4.78, 5) is 2.43. The lowest BCUT2D eigenvalue weighted by Crippen LogP contribution is -2.37. The van der Waals surface area contributed by atoms with Gasteiger partial charge >= 0.3 is 0 Å². The molecule has 0 amide bonds. The number of sulfonamides is 1. The molecule has 2 aliphatic heterocycles. The third kappa shape index (κ3) is 5.47. The summed E-state index contributed by atoms with van der Waals surface area (Å²) >= 11 is 6.57. The van der Waals surface area contributed by atoms with Gasteiger partial charge in [-0.25, -0.2) is 8.42 Å². The van der Waals surface area contributed by atoms with Crippen LogP contribution in [-0.2, 0) is 34.3 Å². The molecule has 0 radical (unpaired) electrons. The lowest BCUT2D eigenvalue weighted by atomic mass is 9.98. The van der Waals surface area contributed by atoms with Crippen molar-refractivity contribution in [1.29, 1.82) is 0 Å². The van der Waals surface area contributed by atoms with E-state index >= 15 is 0 Å². The molecule has 0 unspecified atom stereocenters. The second-order valence-corrected chi connectivity index (χ2v) is 11.6. The summed E-state index contributed by atoms with van der Waals surface area (Å²) < 4.78 is 33.8. The molecule has 0 bridgehead atoms. The van der Waals surface area contributed by atoms with Gasteiger partial charge in [0.15, 0.2) is 0 Å². The number of hydrogen-bond donors (Lipinski definition) is 0. The number of nitrogens with zero attached hydrogens (tertiary/aromatic N) is 4. The number of halogens is 1. The molecule has 1 saturated heterocycles. The minimum atomic E-state index is -3.29. The van der Waals surface area contributed by atoms with Crippen LogP contribution in [0.1, 0.15) is 17.7 Å². The van der Waals surface area contributed by atoms with Crippen LogP contribution in [0.5, 0.6) is 0 Å². The summed E-state index contributed by atoms with van der Waals surface area (Å²) in [6.45, 7) is 6.16. The van der Waals surface area contributed by atoms with Gasteiger partial charge in [0, 0.05) is 73.1 Å². The fourth-order valence-corrected chi connectivity index (χ4v) is 5.96. The van der Waals surface area contributed by atoms with Crippen LogP contribution in [0.3, 0.4) is 0 Å². The average molecular weight is 515 g/mol. The van der Waals surface area contributed by atoms with Crippen molar-refractivity contribution >= 4 is 21.6 Å². The standard InChI is InChI=1S/C26H31ClN4O3S/c1-35(32,33)30-13-10-25-23(19-30)26(28-31(25)12-5-11-29-14-16-34-17-15-29)21-8-9-24(27)22(18-21)20-6-3-2-4-7-20/h2-4,6-9,18H,5,10-17,19H2,1H3. The minimum Gasteiger partial charge on any atom is -0.379 e. The van der Waals surface area contributed by atoms with E-state index in [-0.39, 0.29) is 0 Å². The first-order chi connectivity index (χ1) is 16.9. The second-order valence-electron chi connectivity index (χ2n) is 9.21. The highest BCUT2D eigenvalue weighted by Crippen LogP contribution is 2.36. The summed E-state index contributed by atoms with van der Waals surface area (Å²) in [5.41, 5.74) is 5.90. The van der Waals surface area contributed by atoms with Gasteiger partial charge in [-0.3, -0.25) is 9.58 Å². The molecule has 1 aromatic heterocycles. The molecule has 3 heterocycles. The Labute approximate surface area is 212 Å². The van der Waals surface area contributed by atoms with E-state index in [1.807, 2.05) is 42.5 Å². The Morgan fingerprint density at radius 1 is 1.00 bits per heavy atom. The smallest absolute Gasteiger partial charge is 0.211 e. The zero-order valence-corrected chi connectivity index (χ0v) is 21.6. The molecule has 0 aliphatic carbocycles. The highest BCUT2D eigenvalue weighted by Gasteiger charge is 2.30. The maximum atomic E-state index is 12.3. The van der Waals surface area contributed by atoms with Crippen LogP contribution in [0.25, 0.3) is 22.4 Å². The van der Waals surface area contributed by atoms with Crippen molar-refractivity contribution in [2.24, 2.45) is 0 Å². The van der Waals surface area contributed by atoms with Crippen molar-refractivity contribution in [2.45, 2.75) is 25.9 Å². The first kappa shape index (κ1) is 24.5. The van der Waals surface area contributed by atoms with Crippen molar-refractivity contribution in [3.8, 4) is 22.4 Å². The lowest BCUT2D eigenvalue weighted by Gasteiger charge is -2.27. The summed E-state index contributed by atoms with van der Waals surface area (Å²) in [5, 5.41) is 5.71. The molecule has 35 heavy (non-hydrogen) atoms. The number of aryl methyl sites for hydroxylation is 1. The Morgan fingerprint density at radius 3 is 2.51 bits per heavy atom. The largest absolute Gasteiger partial charge is 0.379 e. The molecule has 0 saturated carbocycles. The Hall–Kier alpha value is -2.23. The minimum absolute atomic E-state index is 0.344. The van der Waals surface area contributed by atoms with E-state index in [0.717, 1.165) is 79.5 Å². The van der Waals surface area contributed by atoms with Gasteiger partial charge < -0.3 is 4.74 Å². The van der Waals surface area contributed by atoms with Gasteiger partial charge in [0.25, 0.3) is 0 Å². The van der Waals surface area contributed by atoms with Crippen molar-refractivity contribution < 1.29 is 13.2 Å². The van der Waals surface area contributed by atoms with Crippen molar-refractivity contribution in [1.82, 2.24) is 19.0 Å². The normalized spacial score (nSPS) is 17.4. The summed E-state index contributed by atoms with van der Waals surface area (Å²) in [6, 6.07) is 16.0. The molecule has 7 nitrogen and oxygen atoms in total. The predicted octanol–water partition coefficient (Wildman–Crippen LogP) is 3.91. The second kappa shape index (κ2) is 10.4. The topological polar surface area (TPSA) is 67.7 Å². The van der Waals surface area contributed by atoms with E-state index in [4.69, 9.17) is 21.4 Å². The summed E-state index contributed by atoms with van der Waals surface area (Å²) in [5.74, 6) is 0. The Balaban J connectivity index is 1.48. The lowest BCUT2D eigenvalue weighted by molar-refractivity contribution is 0.0368. The first-order valence-electron chi connectivity index (χ1n) is 12.1. The molecule has 3 aromatic rings. The van der Waals surface area contributed by atoms with Crippen molar-refractivity contribution in [3.63, 3.8) is 0 Å². The number of aromatic nitrogens is 2. The maximum Gasteiger partial charge on any atom is 0.211 e. The highest BCUT2D eigenvalue weighted by molar-refractivity contribution is 7.88. The van der Waals surface area contributed by atoms with Crippen LogP contribution in [0, 0.1) is 0 Å². The monoisotopic (exact) mass is 514 g/mol. The maximum absolute atomic E-state index is 12.3. The summed E-state index contributed by atoms with van der Waals surface area (Å²) in [6.07, 6.45) is 2.92. The molecule has 0 spiro atoms. The molecular formula is C26H31ClN4O3S. The van der Waals surface area contributed by atoms with Gasteiger partial charge in [-0.15, -0.1) is 0 Å². The van der Waals surface area contributed by atoms with Crippen LogP contribution in [0.4, 0.5) is 0 Å². The van der Waals surface area contributed by atoms with E-state index in [9.17, 15) is 8.42 Å². The van der Waals surface area contributed by atoms with Crippen LogP contribution in [-0.4, -0.2) is 73.1 Å². The number of hydrogen-bond acceptors (Lipinski definition) is 5. The third-order valence-electron chi connectivity index (χ3n) is 6.84. The fraction of sp³-hybridized carbons (Fsp3) is 0.423. The molecule has 0 N–H and O–H groups in total. The summed E-state index contributed by atoms with van der Waals surface area (Å²) in [7, 11) is -3.29. The van der Waals surface area contributed by atoms with E-state index < -0.39 is 10.0 Å². The predicted molar refractivity (Wildman–Crippen MR) is 139 cm³/mol. The van der Waals surface area contributed by atoms with Gasteiger partial charge in [0.1, 0.15) is 0 Å². The Bertz CT molecular complexity index is 1290. The van der Waals surface area contributed by atoms with Crippen molar-refractivity contribution in [3.05, 3.63) is 64.8 Å². The van der Waals surface area contributed by atoms with Crippen LogP contribution in [0.15, 0.2) is 48.5 Å². The zero-order valence-electron chi connectivity index (χ0n) is 20.0. The molecular weight excluding hydrogens is 484 g/mol. The van der Waals surface area contributed by atoms with Crippen LogP contribution in [0.2, 0.25) is 5.02 Å². The van der Waals surface area contributed by atoms with E-state index in [1.54, 1.807) is 4.31 Å². The quantitative estimate of drug-likeness (QED) is 0.478. The Kier molecular flexibility index (Phi) is 7.27. The average Bonchev–Trinajstić information content (AvgIpc) is 3.23. The molecule has 186 valence electrons. The highest BCUT2D eigenvalue weighted by atomic mass is 35.5. The molecule has 1 fully saturated rings. The number of benzene rings is 2. The van der Waals surface area contributed by atoms with Crippen LogP contribution >= 0.6 is 11.6 Å². The number of fused-ring (bicyclic) bond motifs is 1. The van der Waals surface area contributed by atoms with Gasteiger partial charge in [0.05, 0.1) is 25.2 Å². The first-order valence-corrected chi connectivity index (χ1v) is 14.3. The molecule has 5 rings (SSSR count). The Morgan fingerprint density at radius 2 is 1.77 bits per heavy atom. The van der Waals surface area contributed by atoms with E-state index in [2.05, 4.69) is 15.6 Å². The van der Waals surface area contributed by atoms with Gasteiger partial charge in [-0.1, -0.05) is 48.0 Å². The van der Waals surface area contributed by atoms with Gasteiger partial charge in [-0.05, 0) is 24.1 Å². The molecule has 2 aromatic carbocycles. The van der Waals surface area contributed by atoms with E-state index in [1.165, 1.54) is 6.26 Å². The van der Waals surface area contributed by atoms with E-state index in [0.29, 0.717) is 24.5 Å². The van der Waals surface area contributed by atoms with Gasteiger partial charge in [-0.2, -0.15) is 9.40 Å². The number of ether oxygens (including phenoxy) is 1. The zero-order chi connectivity index (χ0) is 24.4. The molecule has 2 aliphatic rings. The third-order valence-corrected chi connectivity index (χ3v) is 8.42.